The molecule has 1 aromatic heterocycles. The minimum atomic E-state index is -0.0000212. The van der Waals surface area contributed by atoms with E-state index in [-0.39, 0.29) is 6.04 Å². The van der Waals surface area contributed by atoms with Crippen LogP contribution in [0.5, 0.6) is 5.75 Å². The Hall–Kier alpha value is -3.48. The summed E-state index contributed by atoms with van der Waals surface area (Å²) in [5, 5.41) is 10.2. The monoisotopic (exact) mass is 455 g/mol. The van der Waals surface area contributed by atoms with E-state index in [1.54, 1.807) is 11.3 Å². The first kappa shape index (κ1) is 20.4. The molecule has 6 heteroatoms. The maximum atomic E-state index is 5.97. The van der Waals surface area contributed by atoms with Crippen LogP contribution in [0.3, 0.4) is 0 Å². The van der Waals surface area contributed by atoms with Gasteiger partial charge >= 0.3 is 0 Å². The van der Waals surface area contributed by atoms with Crippen molar-refractivity contribution < 1.29 is 4.74 Å². The number of aromatic nitrogens is 1. The number of hydrogen-bond acceptors (Lipinski definition) is 4. The Kier molecular flexibility index (Phi) is 5.96. The zero-order valence-corrected chi connectivity index (χ0v) is 18.8. The lowest BCUT2D eigenvalue weighted by molar-refractivity contribution is 0.302. The molecule has 0 radical (unpaired) electrons. The van der Waals surface area contributed by atoms with Crippen LogP contribution in [-0.2, 0) is 6.61 Å². The first-order chi connectivity index (χ1) is 15.7. The zero-order chi connectivity index (χ0) is 21.8. The molecule has 2 N–H and O–H groups in total. The van der Waals surface area contributed by atoms with Gasteiger partial charge in [-0.05, 0) is 41.6 Å². The molecular weight excluding hydrogens is 434 g/mol. The van der Waals surface area contributed by atoms with Crippen LogP contribution >= 0.6 is 23.6 Å². The van der Waals surface area contributed by atoms with Gasteiger partial charge in [0.15, 0.2) is 5.11 Å². The summed E-state index contributed by atoms with van der Waals surface area (Å²) in [7, 11) is 0. The van der Waals surface area contributed by atoms with Crippen molar-refractivity contribution in [2.45, 2.75) is 12.6 Å². The summed E-state index contributed by atoms with van der Waals surface area (Å²) in [4.78, 5) is 4.69. The van der Waals surface area contributed by atoms with Crippen LogP contribution in [0.2, 0.25) is 0 Å². The second-order valence-corrected chi connectivity index (χ2v) is 8.66. The molecule has 1 atom stereocenters. The SMILES string of the molecule is S=C1NC(c2ccccc2)=CC(c2ccc(OCc3csc(-c4ccccc4)n3)cc2)N1. The molecule has 32 heavy (non-hydrogen) atoms. The third kappa shape index (κ3) is 4.72. The van der Waals surface area contributed by atoms with Gasteiger partial charge in [0.2, 0.25) is 0 Å². The molecule has 0 saturated carbocycles. The second kappa shape index (κ2) is 9.34. The average Bonchev–Trinajstić information content (AvgIpc) is 3.33. The molecule has 1 aliphatic heterocycles. The number of nitrogens with zero attached hydrogens (tertiary/aromatic N) is 1. The summed E-state index contributed by atoms with van der Waals surface area (Å²) in [6.45, 7) is 0.441. The van der Waals surface area contributed by atoms with Gasteiger partial charge < -0.3 is 15.4 Å². The number of hydrogen-bond donors (Lipinski definition) is 2. The first-order valence-corrected chi connectivity index (χ1v) is 11.6. The van der Waals surface area contributed by atoms with E-state index in [0.29, 0.717) is 11.7 Å². The van der Waals surface area contributed by atoms with Gasteiger partial charge in [-0.2, -0.15) is 0 Å². The third-order valence-electron chi connectivity index (χ3n) is 5.15. The van der Waals surface area contributed by atoms with Crippen molar-refractivity contribution in [3.8, 4) is 16.3 Å². The molecule has 4 nitrogen and oxygen atoms in total. The van der Waals surface area contributed by atoms with E-state index < -0.39 is 0 Å². The number of thiocarbonyl (C=S) groups is 1. The van der Waals surface area contributed by atoms with Gasteiger partial charge in [0, 0.05) is 16.6 Å². The van der Waals surface area contributed by atoms with Crippen LogP contribution in [0, 0.1) is 0 Å². The Morgan fingerprint density at radius 3 is 2.28 bits per heavy atom. The predicted molar refractivity (Wildman–Crippen MR) is 134 cm³/mol. The highest BCUT2D eigenvalue weighted by Gasteiger charge is 2.18. The van der Waals surface area contributed by atoms with E-state index in [2.05, 4.69) is 58.1 Å². The van der Waals surface area contributed by atoms with Crippen molar-refractivity contribution in [2.24, 2.45) is 0 Å². The number of nitrogens with one attached hydrogen (secondary N) is 2. The Morgan fingerprint density at radius 1 is 0.875 bits per heavy atom. The average molecular weight is 456 g/mol. The van der Waals surface area contributed by atoms with E-state index in [0.717, 1.165) is 38.8 Å². The summed E-state index contributed by atoms with van der Waals surface area (Å²) in [5.74, 6) is 0.812. The summed E-state index contributed by atoms with van der Waals surface area (Å²) in [6, 6.07) is 28.5. The largest absolute Gasteiger partial charge is 0.487 e. The minimum absolute atomic E-state index is 0.0000212. The maximum absolute atomic E-state index is 5.97. The number of benzene rings is 3. The summed E-state index contributed by atoms with van der Waals surface area (Å²) >= 11 is 7.06. The van der Waals surface area contributed by atoms with Crippen LogP contribution in [-0.4, -0.2) is 10.1 Å². The molecule has 0 fully saturated rings. The minimum Gasteiger partial charge on any atom is -0.487 e. The van der Waals surface area contributed by atoms with Crippen LogP contribution < -0.4 is 15.4 Å². The van der Waals surface area contributed by atoms with Crippen LogP contribution in [0.4, 0.5) is 0 Å². The van der Waals surface area contributed by atoms with Gasteiger partial charge in [-0.25, -0.2) is 4.98 Å². The Labute approximate surface area is 196 Å². The molecule has 1 unspecified atom stereocenters. The zero-order valence-electron chi connectivity index (χ0n) is 17.2. The molecule has 2 heterocycles. The molecule has 0 saturated heterocycles. The lowest BCUT2D eigenvalue weighted by atomic mass is 10.0. The lowest BCUT2D eigenvalue weighted by Crippen LogP contribution is -2.40. The fourth-order valence-corrected chi connectivity index (χ4v) is 4.58. The number of rotatable bonds is 6. The van der Waals surface area contributed by atoms with Crippen molar-refractivity contribution in [1.29, 1.82) is 0 Å². The van der Waals surface area contributed by atoms with Gasteiger partial charge in [0.25, 0.3) is 0 Å². The quantitative estimate of drug-likeness (QED) is 0.352. The molecule has 0 aliphatic carbocycles. The molecule has 158 valence electrons. The standard InChI is InChI=1S/C26H21N3OS2/c31-26-28-23(18-7-3-1-4-8-18)15-24(29-26)19-11-13-22(14-12-19)30-16-21-17-32-25(27-21)20-9-5-2-6-10-20/h1-15,17,24H,16H2,(H2,28,29,31). The van der Waals surface area contributed by atoms with Crippen molar-refractivity contribution in [1.82, 2.24) is 15.6 Å². The lowest BCUT2D eigenvalue weighted by Gasteiger charge is -2.26. The van der Waals surface area contributed by atoms with Crippen molar-refractivity contribution >= 4 is 34.4 Å². The van der Waals surface area contributed by atoms with E-state index in [9.17, 15) is 0 Å². The van der Waals surface area contributed by atoms with Gasteiger partial charge in [-0.3, -0.25) is 0 Å². The fourth-order valence-electron chi connectivity index (χ4n) is 3.53. The van der Waals surface area contributed by atoms with Gasteiger partial charge in [-0.15, -0.1) is 11.3 Å². The molecule has 4 aromatic rings. The maximum Gasteiger partial charge on any atom is 0.171 e. The highest BCUT2D eigenvalue weighted by molar-refractivity contribution is 7.80. The molecule has 3 aromatic carbocycles. The summed E-state index contributed by atoms with van der Waals surface area (Å²) in [6.07, 6.45) is 2.15. The molecular formula is C26H21N3OS2. The fraction of sp³-hybridized carbons (Fsp3) is 0.0769. The molecule has 0 bridgehead atoms. The van der Waals surface area contributed by atoms with Crippen molar-refractivity contribution in [2.75, 3.05) is 0 Å². The molecule has 0 spiro atoms. The first-order valence-electron chi connectivity index (χ1n) is 10.3. The van der Waals surface area contributed by atoms with Crippen LogP contribution in [0.25, 0.3) is 16.3 Å². The smallest absolute Gasteiger partial charge is 0.171 e. The predicted octanol–water partition coefficient (Wildman–Crippen LogP) is 5.95. The normalized spacial score (nSPS) is 15.4. The second-order valence-electron chi connectivity index (χ2n) is 7.39. The summed E-state index contributed by atoms with van der Waals surface area (Å²) in [5.41, 5.74) is 5.30. The molecule has 1 aliphatic rings. The molecule has 5 rings (SSSR count). The van der Waals surface area contributed by atoms with Gasteiger partial charge in [-0.1, -0.05) is 72.8 Å². The highest BCUT2D eigenvalue weighted by atomic mass is 32.1. The van der Waals surface area contributed by atoms with E-state index in [1.165, 1.54) is 0 Å². The summed E-state index contributed by atoms with van der Waals surface area (Å²) < 4.78 is 5.97. The number of thiazole rings is 1. The Balaban J connectivity index is 1.25. The van der Waals surface area contributed by atoms with E-state index in [4.69, 9.17) is 17.0 Å². The van der Waals surface area contributed by atoms with Gasteiger partial charge in [0.05, 0.1) is 11.7 Å². The van der Waals surface area contributed by atoms with Crippen molar-refractivity contribution in [3.05, 3.63) is 113 Å². The van der Waals surface area contributed by atoms with Gasteiger partial charge in [0.1, 0.15) is 17.4 Å². The van der Waals surface area contributed by atoms with E-state index in [1.807, 2.05) is 53.9 Å². The number of ether oxygens (including phenoxy) is 1. The molecule has 0 amide bonds. The van der Waals surface area contributed by atoms with E-state index >= 15 is 0 Å². The highest BCUT2D eigenvalue weighted by Crippen LogP contribution is 2.26. The Morgan fingerprint density at radius 2 is 1.56 bits per heavy atom. The van der Waals surface area contributed by atoms with Crippen LogP contribution in [0.15, 0.2) is 96.4 Å². The van der Waals surface area contributed by atoms with Crippen molar-refractivity contribution in [3.63, 3.8) is 0 Å². The third-order valence-corrected chi connectivity index (χ3v) is 6.31. The topological polar surface area (TPSA) is 46.2 Å². The Bertz CT molecular complexity index is 1240. The van der Waals surface area contributed by atoms with Crippen LogP contribution in [0.1, 0.15) is 22.9 Å².